The molecule has 139 heavy (non-hydrogen) atoms. The van der Waals surface area contributed by atoms with Gasteiger partial charge in [-0.05, 0) is 164 Å². The molecule has 2 aliphatic rings. The number of aliphatic hydroxyl groups excluding tert-OH is 2. The van der Waals surface area contributed by atoms with E-state index in [4.69, 9.17) is 11.5 Å². The van der Waals surface area contributed by atoms with Crippen molar-refractivity contribution in [2.45, 2.75) is 327 Å². The van der Waals surface area contributed by atoms with Crippen LogP contribution in [0.5, 0.6) is 0 Å². The maximum absolute atomic E-state index is 14.7. The van der Waals surface area contributed by atoms with Crippen LogP contribution in [0.4, 0.5) is 0 Å². The normalized spacial score (nSPS) is 17.4. The summed E-state index contributed by atoms with van der Waals surface area (Å²) < 4.78 is 0. The number of nitrogens with one attached hydrogen (secondary N) is 17. The fourth-order valence-electron chi connectivity index (χ4n) is 15.0. The first kappa shape index (κ1) is 121. The summed E-state index contributed by atoms with van der Waals surface area (Å²) in [6, 6.07) is -19.3. The number of benzene rings is 1. The van der Waals surface area contributed by atoms with Gasteiger partial charge in [0.25, 0.3) is 0 Å². The molecule has 2 heterocycles. The fourth-order valence-corrected chi connectivity index (χ4v) is 15.5. The topological polar surface area (TPSA) is 757 Å². The molecule has 0 saturated carbocycles. The van der Waals surface area contributed by atoms with Gasteiger partial charge in [0.05, 0.1) is 25.2 Å². The molecule has 2 aliphatic heterocycles. The van der Waals surface area contributed by atoms with Crippen LogP contribution in [0.1, 0.15) is 211 Å². The monoisotopic (exact) mass is 1990 g/mol. The molecular formula is C90H146N20O28S. The van der Waals surface area contributed by atoms with Crippen molar-refractivity contribution < 1.29 is 136 Å². The first-order valence-electron chi connectivity index (χ1n) is 46.9. The number of primary amides is 1. The number of carbonyl (C=O) groups is 22. The maximum Gasteiger partial charge on any atom is 0.326 e. The van der Waals surface area contributed by atoms with Crippen molar-refractivity contribution in [3.05, 3.63) is 35.9 Å². The first-order chi connectivity index (χ1) is 65.3. The van der Waals surface area contributed by atoms with Crippen LogP contribution in [0.2, 0.25) is 0 Å². The summed E-state index contributed by atoms with van der Waals surface area (Å²) >= 11 is 1.24. The number of amides is 18. The number of unbranched alkanes of at least 4 members (excludes halogenated alkanes) is 1. The van der Waals surface area contributed by atoms with Gasteiger partial charge in [-0.25, -0.2) is 4.79 Å². The summed E-state index contributed by atoms with van der Waals surface area (Å²) in [4.78, 5) is 302. The van der Waals surface area contributed by atoms with Crippen molar-refractivity contribution in [2.75, 3.05) is 38.2 Å². The molecule has 780 valence electrons. The zero-order chi connectivity index (χ0) is 105. The smallest absolute Gasteiger partial charge is 0.326 e. The van der Waals surface area contributed by atoms with Crippen molar-refractivity contribution >= 4 is 142 Å². The maximum atomic E-state index is 14.7. The Hall–Kier alpha value is -12.2. The van der Waals surface area contributed by atoms with Gasteiger partial charge < -0.3 is 137 Å². The van der Waals surface area contributed by atoms with Crippen LogP contribution in [0.15, 0.2) is 30.3 Å². The van der Waals surface area contributed by atoms with E-state index in [1.807, 2.05) is 0 Å². The van der Waals surface area contributed by atoms with E-state index in [0.29, 0.717) is 37.8 Å². The summed E-state index contributed by atoms with van der Waals surface area (Å²) in [7, 11) is 0. The molecule has 0 unspecified atom stereocenters. The van der Waals surface area contributed by atoms with E-state index in [0.717, 1.165) is 18.7 Å². The number of hydrogen-bond acceptors (Lipinski definition) is 27. The Kier molecular flexibility index (Phi) is 53.3. The largest absolute Gasteiger partial charge is 0.481 e. The fraction of sp³-hybridized carbons (Fsp3) is 0.689. The molecule has 49 heteroatoms. The molecular weight excluding hydrogens is 1840 g/mol. The zero-order valence-corrected chi connectivity index (χ0v) is 82.2. The third-order valence-corrected chi connectivity index (χ3v) is 23.8. The van der Waals surface area contributed by atoms with E-state index >= 15 is 0 Å². The van der Waals surface area contributed by atoms with Crippen LogP contribution in [0, 0.1) is 29.6 Å². The molecule has 18 amide bonds. The highest BCUT2D eigenvalue weighted by molar-refractivity contribution is 7.98. The number of nitrogens with zero attached hydrogens (tertiary/aromatic N) is 1. The lowest BCUT2D eigenvalue weighted by molar-refractivity contribution is -0.143. The zero-order valence-electron chi connectivity index (χ0n) is 81.4. The van der Waals surface area contributed by atoms with Gasteiger partial charge in [0.15, 0.2) is 0 Å². The molecule has 3 rings (SSSR count). The minimum Gasteiger partial charge on any atom is -0.481 e. The summed E-state index contributed by atoms with van der Waals surface area (Å²) in [6.45, 7) is 19.2. The van der Waals surface area contributed by atoms with Gasteiger partial charge >= 0.3 is 23.9 Å². The second-order valence-corrected chi connectivity index (χ2v) is 37.5. The number of likely N-dealkylation sites (tertiary alicyclic amines) is 1. The number of nitrogens with two attached hydrogens (primary N) is 2. The van der Waals surface area contributed by atoms with Crippen molar-refractivity contribution in [3.8, 4) is 0 Å². The van der Waals surface area contributed by atoms with E-state index in [9.17, 15) is 136 Å². The number of thioether (sulfide) groups is 1. The molecule has 2 fully saturated rings. The lowest BCUT2D eigenvalue weighted by atomic mass is 9.96. The highest BCUT2D eigenvalue weighted by Gasteiger charge is 2.44. The predicted molar refractivity (Wildman–Crippen MR) is 503 cm³/mol. The molecule has 1 aromatic carbocycles. The van der Waals surface area contributed by atoms with Crippen LogP contribution in [-0.4, -0.2) is 319 Å². The third-order valence-electron chi connectivity index (χ3n) is 23.2. The molecule has 0 bridgehead atoms. The lowest BCUT2D eigenvalue weighted by Crippen LogP contribution is -2.62. The second kappa shape index (κ2) is 61.2. The Morgan fingerprint density at radius 2 is 0.849 bits per heavy atom. The number of rotatable bonds is 64. The summed E-state index contributed by atoms with van der Waals surface area (Å²) in [5.41, 5.74) is 11.6. The molecule has 27 N–H and O–H groups in total. The van der Waals surface area contributed by atoms with E-state index in [-0.39, 0.29) is 82.0 Å². The lowest BCUT2D eigenvalue weighted by Gasteiger charge is -2.31. The third kappa shape index (κ3) is 42.5. The number of carbonyl (C=O) groups excluding carboxylic acids is 18. The average Bonchev–Trinajstić information content (AvgIpc) is 1.69. The Morgan fingerprint density at radius 1 is 0.432 bits per heavy atom. The molecule has 0 aromatic heterocycles. The number of aliphatic carboxylic acids is 4. The van der Waals surface area contributed by atoms with E-state index < -0.39 is 314 Å². The van der Waals surface area contributed by atoms with E-state index in [1.165, 1.54) is 46.4 Å². The van der Waals surface area contributed by atoms with Gasteiger partial charge in [0, 0.05) is 32.2 Å². The molecule has 0 radical (unpaired) electrons. The van der Waals surface area contributed by atoms with Crippen LogP contribution in [-0.2, 0) is 112 Å². The Balaban J connectivity index is 1.83. The van der Waals surface area contributed by atoms with Gasteiger partial charge in [0.1, 0.15) is 103 Å². The van der Waals surface area contributed by atoms with Crippen LogP contribution >= 0.6 is 11.8 Å². The SMILES string of the molecule is CC[C@H](C)[C@H](NC(=O)[C@H](CC(=O)O)NC(=O)[C@H](CCCCN)NC(=O)[C@@H]1CCCN1)C(=O)N[C@@H](CCC(N)=O)C(=O)N[C@H](C(=O)N[C@@H](C)C(=O)N[C@@H](CC(C)C)C(=O)N[C@@H](Cc1ccccc1)C(=O)N[C@@H](CO)C(=O)N[C@@H](C)C(=O)N[C@H](C(=O)N[C@@H](CCSC)C(=O)N1CCC[C@H]1C(=O)N[C@@H](CCC(=O)O)C(=O)N[C@@H](CCC(=O)O)C(=O)N[C@H](C(=O)N[C@@H](CC(C)C)C(=O)O)C(C)C)[C@@H](C)O)C(C)C. The Bertz CT molecular complexity index is 4370. The van der Waals surface area contributed by atoms with Crippen LogP contribution < -0.4 is 102 Å². The highest BCUT2D eigenvalue weighted by Crippen LogP contribution is 2.23. The molecule has 2 saturated heterocycles. The Morgan fingerprint density at radius 3 is 1.35 bits per heavy atom. The van der Waals surface area contributed by atoms with Gasteiger partial charge in [0.2, 0.25) is 106 Å². The summed E-state index contributed by atoms with van der Waals surface area (Å²) in [5.74, 6) is -26.2. The minimum atomic E-state index is -1.88. The average molecular weight is 1990 g/mol. The number of hydrogen-bond donors (Lipinski definition) is 25. The van der Waals surface area contributed by atoms with Gasteiger partial charge in [-0.2, -0.15) is 11.8 Å². The van der Waals surface area contributed by atoms with Crippen LogP contribution in [0.3, 0.4) is 0 Å². The van der Waals surface area contributed by atoms with Crippen molar-refractivity contribution in [2.24, 2.45) is 41.1 Å². The molecule has 48 nitrogen and oxygen atoms in total. The quantitative estimate of drug-likeness (QED) is 0.0272. The number of aliphatic hydroxyl groups is 2. The van der Waals surface area contributed by atoms with Gasteiger partial charge in [-0.15, -0.1) is 0 Å². The van der Waals surface area contributed by atoms with Crippen LogP contribution in [0.25, 0.3) is 0 Å². The number of carboxylic acids is 4. The van der Waals surface area contributed by atoms with Gasteiger partial charge in [-0.3, -0.25) is 101 Å². The molecule has 1 aromatic rings. The van der Waals surface area contributed by atoms with E-state index in [1.54, 1.807) is 78.1 Å². The molecule has 0 spiro atoms. The van der Waals surface area contributed by atoms with Crippen molar-refractivity contribution in [1.29, 1.82) is 0 Å². The molecule has 0 aliphatic carbocycles. The standard InChI is InChI=1S/C90H146N20O28S/c1-15-48(10)71(108-82(129)61(42-68(118)119)103-76(123)54(25-19-20-35-91)96-75(122)53-26-21-36-93-53)87(134)99-55(28-31-65(92)113)78(125)106-69(46(6)7)85(132)95-49(11)73(120)101-59(39-44(2)3)80(127)102-60(41-52-23-17-16-18-24-52)81(128)105-63(43-111)83(130)94-50(12)74(121)109-72(51(13)112)88(135)100-58(34-38-139-14)89(136)110-37-22-27-64(110)84(131)98-56(29-32-66(114)115)77(124)97-57(30-33-67(116)117)79(126)107-70(47(8)9)86(133)104-62(90(137)138)40-45(4)5/h16-18,23-24,44-51,53-64,69-72,93,111-112H,15,19-22,25-43,91H2,1-14H3,(H2,92,113)(H,94,130)(H,95,132)(H,96,122)(H,97,124)(H,98,131)(H,99,134)(H,100,135)(H,101,120)(H,102,127)(H,103,123)(H,104,133)(H,105,128)(H,106,125)(H,107,126)(H,108,129)(H,109,121)(H,114,115)(H,116,117)(H,118,119)(H,137,138)/t48-,49-,50-,51+,53-,54-,55-,56-,57-,58-,59-,60-,61-,62-,63-,64-,69-,70-,71-,72-/m0/s1. The first-order valence-corrected chi connectivity index (χ1v) is 48.3. The summed E-state index contributed by atoms with van der Waals surface area (Å²) in [6.07, 6.45) is -2.70. The predicted octanol–water partition coefficient (Wildman–Crippen LogP) is -4.97. The minimum absolute atomic E-state index is 0.0214. The van der Waals surface area contributed by atoms with Crippen molar-refractivity contribution in [3.63, 3.8) is 0 Å². The highest BCUT2D eigenvalue weighted by atomic mass is 32.2. The van der Waals surface area contributed by atoms with E-state index in [2.05, 4.69) is 90.4 Å². The number of carboxylic acid groups (broad SMARTS) is 4. The summed E-state index contributed by atoms with van der Waals surface area (Å²) in [5, 5.41) is 103. The Labute approximate surface area is 811 Å². The van der Waals surface area contributed by atoms with Crippen molar-refractivity contribution in [1.82, 2.24) is 95.3 Å². The van der Waals surface area contributed by atoms with Gasteiger partial charge in [-0.1, -0.05) is 106 Å². The second-order valence-electron chi connectivity index (χ2n) is 36.5. The molecule has 20 atom stereocenters.